The Kier molecular flexibility index (Phi) is 99.9. The van der Waals surface area contributed by atoms with Crippen molar-refractivity contribution in [3.63, 3.8) is 0 Å². The third kappa shape index (κ3) is 106. The summed E-state index contributed by atoms with van der Waals surface area (Å²) >= 11 is 0. The van der Waals surface area contributed by atoms with Crippen molar-refractivity contribution in [1.82, 2.24) is 0 Å². The van der Waals surface area contributed by atoms with Crippen LogP contribution in [-0.4, -0.2) is 95.9 Å². The van der Waals surface area contributed by atoms with Crippen LogP contribution in [0.5, 0.6) is 0 Å². The monoisotopic (exact) mass is 1890 g/mol. The van der Waals surface area contributed by atoms with Crippen molar-refractivity contribution in [1.29, 1.82) is 0 Å². The lowest BCUT2D eigenvalue weighted by Gasteiger charge is -2.21. The average Bonchev–Trinajstić information content (AvgIpc) is 0.896. The number of carbonyl (C=O) groups is 3. The molecular weight excluding hydrogens is 1700 g/mol. The first-order chi connectivity index (χ1) is 65.2. The van der Waals surface area contributed by atoms with Gasteiger partial charge in [-0.3, -0.25) is 32.5 Å². The molecule has 0 aliphatic carbocycles. The number of esters is 3. The van der Waals surface area contributed by atoms with E-state index < -0.39 is 91.5 Å². The molecule has 0 radical (unpaired) electrons. The van der Waals surface area contributed by atoms with Gasteiger partial charge in [-0.2, -0.15) is 0 Å². The summed E-state index contributed by atoms with van der Waals surface area (Å²) in [7, 11) is -9.83. The largest absolute Gasteiger partial charge is 0.472 e. The number of allylic oxidation sites excluding steroid dienone is 36. The van der Waals surface area contributed by atoms with Crippen LogP contribution in [0.25, 0.3) is 0 Å². The molecule has 0 aliphatic rings. The number of hydrogen-bond acceptors (Lipinski definition) is 14. The first-order valence-corrected chi connectivity index (χ1v) is 56.0. The van der Waals surface area contributed by atoms with Crippen molar-refractivity contribution in [3.8, 4) is 0 Å². The van der Waals surface area contributed by atoms with Crippen LogP contribution in [0.3, 0.4) is 0 Å². The fourth-order valence-corrected chi connectivity index (χ4v) is 15.9. The molecule has 0 heterocycles. The molecule has 0 spiro atoms. The summed E-state index contributed by atoms with van der Waals surface area (Å²) in [5, 5.41) is 20.8. The Balaban J connectivity index is 4.63. The highest BCUT2D eigenvalue weighted by atomic mass is 31.2. The number of phosphoric ester groups is 2. The Morgan fingerprint density at radius 2 is 0.376 bits per heavy atom. The van der Waals surface area contributed by atoms with Crippen LogP contribution in [0.2, 0.25) is 0 Å². The molecule has 0 aromatic rings. The zero-order valence-corrected chi connectivity index (χ0v) is 85.9. The van der Waals surface area contributed by atoms with Crippen molar-refractivity contribution in [3.05, 3.63) is 219 Å². The molecule has 16 nitrogen and oxygen atoms in total. The number of rotatable bonds is 99. The summed E-state index contributed by atoms with van der Waals surface area (Å²) in [5.74, 6) is -1.57. The van der Waals surface area contributed by atoms with Crippen LogP contribution in [0, 0.1) is 0 Å². The van der Waals surface area contributed by atoms with Gasteiger partial charge in [0.1, 0.15) is 25.4 Å². The fraction of sp³-hybridized carbons (Fsp3) is 0.661. The summed E-state index contributed by atoms with van der Waals surface area (Å²) < 4.78 is 61.8. The Labute approximate surface area is 812 Å². The summed E-state index contributed by atoms with van der Waals surface area (Å²) in [4.78, 5) is 59.3. The molecule has 0 aromatic carbocycles. The predicted molar refractivity (Wildman–Crippen MR) is 564 cm³/mol. The number of phosphoric acid groups is 2. The van der Waals surface area contributed by atoms with Crippen LogP contribution in [0.4, 0.5) is 0 Å². The first-order valence-electron chi connectivity index (χ1n) is 53.0. The van der Waals surface area contributed by atoms with E-state index in [9.17, 15) is 43.5 Å². The maximum atomic E-state index is 13.1. The smallest absolute Gasteiger partial charge is 0.463 e. The minimum absolute atomic E-state index is 0.0930. The van der Waals surface area contributed by atoms with E-state index in [0.29, 0.717) is 19.3 Å². The molecule has 5 atom stereocenters. The van der Waals surface area contributed by atoms with Gasteiger partial charge in [-0.15, -0.1) is 0 Å². The Hall–Kier alpha value is -6.13. The molecule has 18 heteroatoms. The van der Waals surface area contributed by atoms with Gasteiger partial charge < -0.3 is 34.2 Å². The van der Waals surface area contributed by atoms with E-state index in [1.54, 1.807) is 0 Å². The van der Waals surface area contributed by atoms with E-state index in [4.69, 9.17) is 32.3 Å². The molecule has 0 fully saturated rings. The van der Waals surface area contributed by atoms with Gasteiger partial charge >= 0.3 is 33.6 Å². The van der Waals surface area contributed by atoms with E-state index in [1.165, 1.54) is 173 Å². The Bertz CT molecular complexity index is 3300. The zero-order chi connectivity index (χ0) is 96.4. The number of carbonyl (C=O) groups excluding carboxylic acids is 3. The number of unbranched alkanes of at least 4 members (excludes halogenated alkanes) is 40. The van der Waals surface area contributed by atoms with E-state index in [0.717, 1.165) is 199 Å². The summed E-state index contributed by atoms with van der Waals surface area (Å²) in [5.41, 5.74) is 0. The molecule has 0 saturated carbocycles. The highest BCUT2D eigenvalue weighted by molar-refractivity contribution is 7.47. The maximum Gasteiger partial charge on any atom is 0.472 e. The quantitative estimate of drug-likeness (QED) is 0.0146. The molecule has 0 aliphatic heterocycles. The van der Waals surface area contributed by atoms with Gasteiger partial charge in [-0.25, -0.2) is 9.13 Å². The zero-order valence-electron chi connectivity index (χ0n) is 84.1. The van der Waals surface area contributed by atoms with Crippen molar-refractivity contribution < 1.29 is 75.8 Å². The van der Waals surface area contributed by atoms with Crippen molar-refractivity contribution in [2.45, 2.75) is 450 Å². The average molecular weight is 1890 g/mol. The van der Waals surface area contributed by atoms with Crippen LogP contribution in [0.15, 0.2) is 219 Å². The lowest BCUT2D eigenvalue weighted by molar-refractivity contribution is -0.161. The molecule has 0 amide bonds. The standard InChI is InChI=1S/C115H192O16P2/c1-4-7-10-13-16-19-22-25-28-31-34-37-40-43-46-49-51-53-54-56-58-60-62-65-68-71-74-77-80-83-86-89-92-95-98-101-113(118)125-104-110(116)105-127-132(121,122)128-106-111(117)107-129-133(123,124)130-109-112(131-115(120)103-100-97-94-91-88-85-82-79-76-73-70-67-64-59-48-45-42-39-36-33-30-27-24-21-18-15-12-9-6-3)108-126-114(119)102-99-96-93-90-87-84-81-78-75-72-69-66-63-61-57-55-52-50-47-44-41-38-35-32-29-26-23-20-17-14-11-8-5-2/h7-12,16-21,25-30,34-39,43-48,51-53,55,64,67,110-112,116-117H,4-6,13-15,22-24,31-33,40-42,49-50,54,56-63,65-66,68-109H2,1-3H3,(H,121,122)(H,123,124)/b10-7-,11-8-,12-9-,19-16-,20-17-,21-18-,28-25-,29-26-,30-27-,37-34-,38-35-,39-36-,46-43-,47-44-,48-45-,53-51-,55-52-,67-64-. The van der Waals surface area contributed by atoms with Gasteiger partial charge in [-0.05, 0) is 173 Å². The molecule has 133 heavy (non-hydrogen) atoms. The highest BCUT2D eigenvalue weighted by Crippen LogP contribution is 2.45. The lowest BCUT2D eigenvalue weighted by atomic mass is 10.0. The lowest BCUT2D eigenvalue weighted by Crippen LogP contribution is -2.30. The van der Waals surface area contributed by atoms with Gasteiger partial charge in [-0.1, -0.05) is 458 Å². The summed E-state index contributed by atoms with van der Waals surface area (Å²) in [6.07, 6.45) is 144. The van der Waals surface area contributed by atoms with Crippen LogP contribution in [-0.2, 0) is 55.8 Å². The van der Waals surface area contributed by atoms with Gasteiger partial charge in [0.25, 0.3) is 0 Å². The third-order valence-corrected chi connectivity index (χ3v) is 24.1. The molecule has 758 valence electrons. The predicted octanol–water partition coefficient (Wildman–Crippen LogP) is 34.0. The molecule has 0 bridgehead atoms. The van der Waals surface area contributed by atoms with E-state index >= 15 is 0 Å². The fourth-order valence-electron chi connectivity index (χ4n) is 14.3. The van der Waals surface area contributed by atoms with Crippen LogP contribution in [0.1, 0.15) is 432 Å². The molecule has 0 aromatic heterocycles. The third-order valence-electron chi connectivity index (χ3n) is 22.2. The molecule has 0 rings (SSSR count). The van der Waals surface area contributed by atoms with Crippen LogP contribution < -0.4 is 0 Å². The van der Waals surface area contributed by atoms with E-state index in [-0.39, 0.29) is 19.3 Å². The second-order valence-corrected chi connectivity index (χ2v) is 37.8. The first kappa shape index (κ1) is 127. The second-order valence-electron chi connectivity index (χ2n) is 34.9. The van der Waals surface area contributed by atoms with Crippen molar-refractivity contribution >= 4 is 33.6 Å². The van der Waals surface area contributed by atoms with Crippen LogP contribution >= 0.6 is 15.6 Å². The Morgan fingerprint density at radius 3 is 0.594 bits per heavy atom. The number of aliphatic hydroxyl groups excluding tert-OH is 2. The molecular formula is C115H192O16P2. The van der Waals surface area contributed by atoms with Crippen molar-refractivity contribution in [2.75, 3.05) is 39.6 Å². The topological polar surface area (TPSA) is 231 Å². The Morgan fingerprint density at radius 1 is 0.211 bits per heavy atom. The molecule has 5 unspecified atom stereocenters. The van der Waals surface area contributed by atoms with Crippen molar-refractivity contribution in [2.24, 2.45) is 0 Å². The minimum Gasteiger partial charge on any atom is -0.463 e. The van der Waals surface area contributed by atoms with E-state index in [2.05, 4.69) is 240 Å². The minimum atomic E-state index is -4.95. The van der Waals surface area contributed by atoms with E-state index in [1.807, 2.05) is 0 Å². The highest BCUT2D eigenvalue weighted by Gasteiger charge is 2.30. The molecule has 0 saturated heterocycles. The SMILES string of the molecule is CC/C=C\C/C=C\C/C=C\C/C=C\C/C=C\C/C=C\CCCCCCCCCCCCCCCCCCC(=O)OCC(O)COP(=O)(O)OCC(O)COP(=O)(O)OCC(COC(=O)CCCCCCCCCCCCCCCC/C=C\C/C=C\C/C=C\C/C=C\C/C=C\C/C=C\CC)OC(=O)CCCCCCCCCCCC/C=C\C/C=C\C/C=C\C/C=C\C/C=C\C/C=C\CC. The molecule has 4 N–H and O–H groups in total. The van der Waals surface area contributed by atoms with Gasteiger partial charge in [0.15, 0.2) is 6.10 Å². The normalized spacial score (nSPS) is 14.5. The van der Waals surface area contributed by atoms with Gasteiger partial charge in [0.05, 0.1) is 26.4 Å². The summed E-state index contributed by atoms with van der Waals surface area (Å²) in [6, 6.07) is 0. The maximum absolute atomic E-state index is 13.1. The summed E-state index contributed by atoms with van der Waals surface area (Å²) in [6.45, 7) is 2.39. The number of aliphatic hydroxyl groups is 2. The van der Waals surface area contributed by atoms with Gasteiger partial charge in [0, 0.05) is 19.3 Å². The number of hydrogen-bond donors (Lipinski definition) is 4. The second kappa shape index (κ2) is 105. The number of ether oxygens (including phenoxy) is 3. The van der Waals surface area contributed by atoms with Gasteiger partial charge in [0.2, 0.25) is 0 Å².